The highest BCUT2D eigenvalue weighted by Crippen LogP contribution is 2.42. The SMILES string of the molecule is CNCc1cn([C@@H]2O[C@H](CO)[C@@H]3OC(C)(C)OC32)c(=O)[nH]c1=O. The molecule has 0 spiro atoms. The number of hydrogen-bond acceptors (Lipinski definition) is 7. The average Bonchev–Trinajstić information content (AvgIpc) is 2.95. The van der Waals surface area contributed by atoms with Crippen molar-refractivity contribution in [3.8, 4) is 0 Å². The van der Waals surface area contributed by atoms with Crippen LogP contribution in [0.1, 0.15) is 25.6 Å². The van der Waals surface area contributed by atoms with Gasteiger partial charge in [0.25, 0.3) is 5.56 Å². The van der Waals surface area contributed by atoms with Crippen LogP contribution in [0, 0.1) is 0 Å². The summed E-state index contributed by atoms with van der Waals surface area (Å²) in [6, 6.07) is 0. The third-order valence-electron chi connectivity index (χ3n) is 3.99. The zero-order chi connectivity index (χ0) is 16.8. The molecule has 9 heteroatoms. The Hall–Kier alpha value is -1.52. The molecule has 0 amide bonds. The molecular formula is C14H21N3O6. The molecule has 1 aromatic rings. The first kappa shape index (κ1) is 16.3. The molecule has 23 heavy (non-hydrogen) atoms. The third kappa shape index (κ3) is 2.86. The van der Waals surface area contributed by atoms with Crippen molar-refractivity contribution in [1.82, 2.24) is 14.9 Å². The number of ether oxygens (including phenoxy) is 3. The van der Waals surface area contributed by atoms with E-state index in [1.165, 1.54) is 10.8 Å². The second-order valence-corrected chi connectivity index (χ2v) is 6.16. The molecule has 3 rings (SSSR count). The number of hydrogen-bond donors (Lipinski definition) is 3. The molecule has 4 atom stereocenters. The second kappa shape index (κ2) is 5.84. The van der Waals surface area contributed by atoms with E-state index < -0.39 is 41.6 Å². The van der Waals surface area contributed by atoms with Gasteiger partial charge >= 0.3 is 5.69 Å². The monoisotopic (exact) mass is 327 g/mol. The number of rotatable bonds is 4. The maximum Gasteiger partial charge on any atom is 0.330 e. The van der Waals surface area contributed by atoms with Gasteiger partial charge in [-0.05, 0) is 20.9 Å². The minimum atomic E-state index is -0.829. The van der Waals surface area contributed by atoms with Crippen molar-refractivity contribution in [2.24, 2.45) is 0 Å². The normalized spacial score (nSPS) is 32.2. The van der Waals surface area contributed by atoms with Gasteiger partial charge in [0.1, 0.15) is 18.3 Å². The molecule has 2 aliphatic heterocycles. The summed E-state index contributed by atoms with van der Waals surface area (Å²) in [7, 11) is 1.70. The molecule has 3 N–H and O–H groups in total. The van der Waals surface area contributed by atoms with Crippen LogP contribution in [-0.4, -0.2) is 52.4 Å². The van der Waals surface area contributed by atoms with E-state index in [4.69, 9.17) is 14.2 Å². The van der Waals surface area contributed by atoms with Crippen LogP contribution in [0.3, 0.4) is 0 Å². The number of aromatic nitrogens is 2. The Bertz CT molecular complexity index is 696. The fourth-order valence-corrected chi connectivity index (χ4v) is 3.06. The lowest BCUT2D eigenvalue weighted by molar-refractivity contribution is -0.200. The van der Waals surface area contributed by atoms with Crippen LogP contribution < -0.4 is 16.6 Å². The van der Waals surface area contributed by atoms with Crippen molar-refractivity contribution in [3.63, 3.8) is 0 Å². The lowest BCUT2D eigenvalue weighted by Crippen LogP contribution is -2.39. The Morgan fingerprint density at radius 1 is 1.35 bits per heavy atom. The van der Waals surface area contributed by atoms with Crippen LogP contribution >= 0.6 is 0 Å². The number of aliphatic hydroxyl groups is 1. The summed E-state index contributed by atoms with van der Waals surface area (Å²) < 4.78 is 18.6. The van der Waals surface area contributed by atoms with Gasteiger partial charge < -0.3 is 24.6 Å². The Kier molecular flexibility index (Phi) is 4.15. The molecule has 1 aromatic heterocycles. The summed E-state index contributed by atoms with van der Waals surface area (Å²) >= 11 is 0. The van der Waals surface area contributed by atoms with E-state index in [1.54, 1.807) is 20.9 Å². The van der Waals surface area contributed by atoms with Gasteiger partial charge in [0, 0.05) is 18.3 Å². The molecule has 0 bridgehead atoms. The summed E-state index contributed by atoms with van der Waals surface area (Å²) in [6.07, 6.45) is -0.953. The fraction of sp³-hybridized carbons (Fsp3) is 0.714. The van der Waals surface area contributed by atoms with Crippen LogP contribution in [0.5, 0.6) is 0 Å². The molecule has 2 saturated heterocycles. The standard InChI is InChI=1S/C14H21N3O6/c1-14(2)22-9-8(6-18)21-12(10(9)23-14)17-5-7(4-15-3)11(19)16-13(17)20/h5,8-10,12,15,18H,4,6H2,1-3H3,(H,16,19,20)/t8-,9+,10?,12-/m1/s1. The number of fused-ring (bicyclic) bond motifs is 1. The van der Waals surface area contributed by atoms with Crippen molar-refractivity contribution in [3.05, 3.63) is 32.6 Å². The second-order valence-electron chi connectivity index (χ2n) is 6.16. The third-order valence-corrected chi connectivity index (χ3v) is 3.99. The molecule has 3 heterocycles. The van der Waals surface area contributed by atoms with E-state index >= 15 is 0 Å². The smallest absolute Gasteiger partial charge is 0.330 e. The lowest BCUT2D eigenvalue weighted by atomic mass is 10.1. The van der Waals surface area contributed by atoms with Gasteiger partial charge in [-0.15, -0.1) is 0 Å². The minimum Gasteiger partial charge on any atom is -0.394 e. The zero-order valence-corrected chi connectivity index (χ0v) is 13.2. The van der Waals surface area contributed by atoms with Crippen molar-refractivity contribution in [1.29, 1.82) is 0 Å². The molecule has 0 saturated carbocycles. The molecule has 9 nitrogen and oxygen atoms in total. The van der Waals surface area contributed by atoms with Gasteiger partial charge in [0.05, 0.1) is 6.61 Å². The van der Waals surface area contributed by atoms with Crippen LogP contribution in [0.2, 0.25) is 0 Å². The highest BCUT2D eigenvalue weighted by molar-refractivity contribution is 5.06. The summed E-state index contributed by atoms with van der Waals surface area (Å²) in [6.45, 7) is 3.58. The Morgan fingerprint density at radius 3 is 2.70 bits per heavy atom. The predicted molar refractivity (Wildman–Crippen MR) is 78.9 cm³/mol. The first-order chi connectivity index (χ1) is 10.9. The van der Waals surface area contributed by atoms with Gasteiger partial charge in [0.2, 0.25) is 0 Å². The minimum absolute atomic E-state index is 0.251. The fourth-order valence-electron chi connectivity index (χ4n) is 3.06. The zero-order valence-electron chi connectivity index (χ0n) is 13.2. The molecule has 1 unspecified atom stereocenters. The summed E-state index contributed by atoms with van der Waals surface area (Å²) in [5.41, 5.74) is -0.638. The number of H-pyrrole nitrogens is 1. The first-order valence-electron chi connectivity index (χ1n) is 7.47. The van der Waals surface area contributed by atoms with Crippen molar-refractivity contribution in [2.75, 3.05) is 13.7 Å². The van der Waals surface area contributed by atoms with Crippen LogP contribution in [0.25, 0.3) is 0 Å². The Labute approximate surface area is 132 Å². The topological polar surface area (TPSA) is 115 Å². The van der Waals surface area contributed by atoms with E-state index in [2.05, 4.69) is 10.3 Å². The lowest BCUT2D eigenvalue weighted by Gasteiger charge is -2.24. The highest BCUT2D eigenvalue weighted by Gasteiger charge is 2.55. The van der Waals surface area contributed by atoms with Crippen molar-refractivity contribution < 1.29 is 19.3 Å². The molecular weight excluding hydrogens is 306 g/mol. The van der Waals surface area contributed by atoms with Gasteiger partial charge in [-0.1, -0.05) is 0 Å². The number of aromatic amines is 1. The maximum atomic E-state index is 12.2. The largest absolute Gasteiger partial charge is 0.394 e. The molecule has 0 radical (unpaired) electrons. The molecule has 2 fully saturated rings. The van der Waals surface area contributed by atoms with Gasteiger partial charge in [-0.3, -0.25) is 14.3 Å². The first-order valence-corrected chi connectivity index (χ1v) is 7.47. The quantitative estimate of drug-likeness (QED) is 0.627. The number of aliphatic hydroxyl groups excluding tert-OH is 1. The van der Waals surface area contributed by atoms with Crippen LogP contribution in [-0.2, 0) is 20.8 Å². The average molecular weight is 327 g/mol. The van der Waals surface area contributed by atoms with Crippen molar-refractivity contribution in [2.45, 2.75) is 50.7 Å². The Morgan fingerprint density at radius 2 is 2.04 bits per heavy atom. The maximum absolute atomic E-state index is 12.2. The molecule has 0 aliphatic carbocycles. The van der Waals surface area contributed by atoms with E-state index in [-0.39, 0.29) is 6.61 Å². The van der Waals surface area contributed by atoms with E-state index in [1.807, 2.05) is 0 Å². The summed E-state index contributed by atoms with van der Waals surface area (Å²) in [5.74, 6) is -0.829. The van der Waals surface area contributed by atoms with E-state index in [9.17, 15) is 14.7 Å². The van der Waals surface area contributed by atoms with Gasteiger partial charge in [-0.2, -0.15) is 0 Å². The predicted octanol–water partition coefficient (Wildman–Crippen LogP) is -1.33. The highest BCUT2D eigenvalue weighted by atomic mass is 16.8. The summed E-state index contributed by atoms with van der Waals surface area (Å²) in [5, 5.41) is 12.4. The number of nitrogens with zero attached hydrogens (tertiary/aromatic N) is 1. The van der Waals surface area contributed by atoms with Crippen LogP contribution in [0.4, 0.5) is 0 Å². The Balaban J connectivity index is 2.00. The summed E-state index contributed by atoms with van der Waals surface area (Å²) in [4.78, 5) is 26.3. The molecule has 2 aliphatic rings. The molecule has 128 valence electrons. The van der Waals surface area contributed by atoms with E-state index in [0.717, 1.165) is 0 Å². The van der Waals surface area contributed by atoms with Gasteiger partial charge in [-0.25, -0.2) is 4.79 Å². The van der Waals surface area contributed by atoms with Gasteiger partial charge in [0.15, 0.2) is 12.0 Å². The van der Waals surface area contributed by atoms with Crippen LogP contribution in [0.15, 0.2) is 15.8 Å². The number of nitrogens with one attached hydrogen (secondary N) is 2. The molecule has 0 aromatic carbocycles. The van der Waals surface area contributed by atoms with E-state index in [0.29, 0.717) is 12.1 Å². The van der Waals surface area contributed by atoms with Crippen molar-refractivity contribution >= 4 is 0 Å².